The molecule has 0 bridgehead atoms. The van der Waals surface area contributed by atoms with Gasteiger partial charge in [-0.3, -0.25) is 9.36 Å². The van der Waals surface area contributed by atoms with E-state index in [9.17, 15) is 19.4 Å². The Bertz CT molecular complexity index is 1060. The van der Waals surface area contributed by atoms with E-state index in [0.29, 0.717) is 23.9 Å². The van der Waals surface area contributed by atoms with E-state index < -0.39 is 20.0 Å². The van der Waals surface area contributed by atoms with Gasteiger partial charge in [0, 0.05) is 6.42 Å². The van der Waals surface area contributed by atoms with Crippen LogP contribution in [0.5, 0.6) is 0 Å². The average molecular weight is 972 g/mol. The highest BCUT2D eigenvalue weighted by molar-refractivity contribution is 7.45. The van der Waals surface area contributed by atoms with Gasteiger partial charge in [-0.05, 0) is 12.8 Å². The lowest BCUT2D eigenvalue weighted by atomic mass is 10.0. The van der Waals surface area contributed by atoms with Gasteiger partial charge < -0.3 is 28.8 Å². The largest absolute Gasteiger partial charge is 0.756 e. The van der Waals surface area contributed by atoms with E-state index in [1.807, 2.05) is 21.1 Å². The topological polar surface area (TPSA) is 108 Å². The quantitative estimate of drug-likeness (QED) is 0.0357. The molecule has 9 heteroatoms. The predicted molar refractivity (Wildman–Crippen MR) is 289 cm³/mol. The number of nitrogens with zero attached hydrogens (tertiary/aromatic N) is 1. The van der Waals surface area contributed by atoms with Crippen molar-refractivity contribution in [3.63, 3.8) is 0 Å². The number of phosphoric acid groups is 1. The molecule has 0 aliphatic heterocycles. The molecule has 0 fully saturated rings. The van der Waals surface area contributed by atoms with Gasteiger partial charge in [0.1, 0.15) is 13.2 Å². The number of amides is 1. The van der Waals surface area contributed by atoms with E-state index in [1.54, 1.807) is 0 Å². The summed E-state index contributed by atoms with van der Waals surface area (Å²) >= 11 is 0. The van der Waals surface area contributed by atoms with Crippen LogP contribution >= 0.6 is 7.82 Å². The SMILES string of the molecule is CCCCCCCCCCCCCCCCCCCCCCCCCCCCCCCCCC(=O)NC(COP(=O)([O-])OCC[N+](C)(C)C)C(O)CCCCCCCCCCCCCCCC. The summed E-state index contributed by atoms with van der Waals surface area (Å²) in [4.78, 5) is 25.5. The summed E-state index contributed by atoms with van der Waals surface area (Å²) in [5, 5.41) is 14.0. The molecule has 67 heavy (non-hydrogen) atoms. The van der Waals surface area contributed by atoms with Crippen LogP contribution in [0.15, 0.2) is 0 Å². The van der Waals surface area contributed by atoms with Gasteiger partial charge >= 0.3 is 0 Å². The van der Waals surface area contributed by atoms with Crippen molar-refractivity contribution in [1.29, 1.82) is 0 Å². The van der Waals surface area contributed by atoms with Gasteiger partial charge in [0.05, 0.1) is 39.9 Å². The lowest BCUT2D eigenvalue weighted by molar-refractivity contribution is -0.870. The minimum absolute atomic E-state index is 0.0165. The molecular weight excluding hydrogens is 852 g/mol. The lowest BCUT2D eigenvalue weighted by Gasteiger charge is -2.30. The molecule has 1 amide bonds. The van der Waals surface area contributed by atoms with Gasteiger partial charge in [0.2, 0.25) is 5.91 Å². The second-order valence-corrected chi connectivity index (χ2v) is 23.5. The van der Waals surface area contributed by atoms with Crippen LogP contribution in [0.25, 0.3) is 0 Å². The Morgan fingerprint density at radius 2 is 0.731 bits per heavy atom. The first-order valence-electron chi connectivity index (χ1n) is 29.9. The van der Waals surface area contributed by atoms with Gasteiger partial charge in [-0.2, -0.15) is 0 Å². The minimum Gasteiger partial charge on any atom is -0.756 e. The molecule has 0 saturated heterocycles. The summed E-state index contributed by atoms with van der Waals surface area (Å²) in [5.41, 5.74) is 0. The third kappa shape index (κ3) is 53.1. The number of aliphatic hydroxyl groups is 1. The van der Waals surface area contributed by atoms with Crippen LogP contribution in [0, 0.1) is 0 Å². The number of hydrogen-bond acceptors (Lipinski definition) is 6. The molecule has 3 unspecified atom stereocenters. The molecule has 0 radical (unpaired) electrons. The van der Waals surface area contributed by atoms with E-state index >= 15 is 0 Å². The molecule has 0 spiro atoms. The number of carbonyl (C=O) groups is 1. The summed E-state index contributed by atoms with van der Waals surface area (Å²) in [6, 6.07) is -0.794. The zero-order valence-electron chi connectivity index (χ0n) is 45.9. The number of nitrogens with one attached hydrogen (secondary N) is 1. The number of hydrogen-bond donors (Lipinski definition) is 2. The van der Waals surface area contributed by atoms with Gasteiger partial charge in [0.15, 0.2) is 0 Å². The summed E-state index contributed by atoms with van der Waals surface area (Å²) < 4.78 is 23.4. The minimum atomic E-state index is -4.56. The van der Waals surface area contributed by atoms with Crippen molar-refractivity contribution in [1.82, 2.24) is 5.32 Å². The zero-order valence-corrected chi connectivity index (χ0v) is 46.8. The number of rotatable bonds is 56. The smallest absolute Gasteiger partial charge is 0.268 e. The third-order valence-electron chi connectivity index (χ3n) is 14.1. The third-order valence-corrected chi connectivity index (χ3v) is 15.1. The highest BCUT2D eigenvalue weighted by Crippen LogP contribution is 2.38. The first kappa shape index (κ1) is 66.5. The molecule has 0 aromatic rings. The van der Waals surface area contributed by atoms with Gasteiger partial charge in [-0.25, -0.2) is 0 Å². The maximum absolute atomic E-state index is 13.0. The van der Waals surface area contributed by atoms with E-state index in [0.717, 1.165) is 38.5 Å². The Kier molecular flexibility index (Phi) is 50.1. The molecule has 0 heterocycles. The van der Waals surface area contributed by atoms with E-state index in [1.165, 1.54) is 250 Å². The Morgan fingerprint density at radius 3 is 1.01 bits per heavy atom. The molecule has 2 N–H and O–H groups in total. The van der Waals surface area contributed by atoms with Crippen LogP contribution in [0.2, 0.25) is 0 Å². The Labute approximate surface area is 419 Å². The normalized spacial score (nSPS) is 13.8. The monoisotopic (exact) mass is 971 g/mol. The van der Waals surface area contributed by atoms with Crippen molar-refractivity contribution in [2.45, 2.75) is 328 Å². The molecule has 0 aromatic carbocycles. The van der Waals surface area contributed by atoms with Crippen molar-refractivity contribution in [2.75, 3.05) is 40.9 Å². The molecule has 3 atom stereocenters. The number of carbonyl (C=O) groups excluding carboxylic acids is 1. The Balaban J connectivity index is 3.96. The molecule has 8 nitrogen and oxygen atoms in total. The fourth-order valence-corrected chi connectivity index (χ4v) is 10.1. The van der Waals surface area contributed by atoms with Crippen LogP contribution in [-0.4, -0.2) is 68.5 Å². The first-order chi connectivity index (χ1) is 32.5. The predicted octanol–water partition coefficient (Wildman–Crippen LogP) is 17.4. The number of phosphoric ester groups is 1. The number of unbranched alkanes of at least 4 members (excludes halogenated alkanes) is 43. The van der Waals surface area contributed by atoms with E-state index in [2.05, 4.69) is 19.2 Å². The van der Waals surface area contributed by atoms with Gasteiger partial charge in [0.25, 0.3) is 7.82 Å². The maximum Gasteiger partial charge on any atom is 0.268 e. The lowest BCUT2D eigenvalue weighted by Crippen LogP contribution is -2.46. The van der Waals surface area contributed by atoms with Crippen LogP contribution in [0.3, 0.4) is 0 Å². The molecular formula is C58H119N2O6P. The molecule has 402 valence electrons. The van der Waals surface area contributed by atoms with E-state index in [4.69, 9.17) is 9.05 Å². The summed E-state index contributed by atoms with van der Waals surface area (Å²) in [6.45, 7) is 4.77. The average Bonchev–Trinajstić information content (AvgIpc) is 3.29. The van der Waals surface area contributed by atoms with Gasteiger partial charge in [-0.1, -0.05) is 296 Å². The van der Waals surface area contributed by atoms with Crippen molar-refractivity contribution in [3.05, 3.63) is 0 Å². The maximum atomic E-state index is 13.0. The summed E-state index contributed by atoms with van der Waals surface area (Å²) in [6.07, 6.45) is 60.1. The van der Waals surface area contributed by atoms with Crippen LogP contribution in [0.1, 0.15) is 316 Å². The Morgan fingerprint density at radius 1 is 0.463 bits per heavy atom. The van der Waals surface area contributed by atoms with Crippen molar-refractivity contribution in [2.24, 2.45) is 0 Å². The van der Waals surface area contributed by atoms with Crippen molar-refractivity contribution < 1.29 is 32.9 Å². The Hall–Kier alpha value is -0.500. The van der Waals surface area contributed by atoms with Crippen molar-refractivity contribution in [3.8, 4) is 0 Å². The number of quaternary nitrogens is 1. The second kappa shape index (κ2) is 50.4. The van der Waals surface area contributed by atoms with Crippen molar-refractivity contribution >= 4 is 13.7 Å². The highest BCUT2D eigenvalue weighted by Gasteiger charge is 2.24. The molecule has 0 aliphatic rings. The summed E-state index contributed by atoms with van der Waals surface area (Å²) in [5.74, 6) is -0.157. The van der Waals surface area contributed by atoms with Crippen LogP contribution in [-0.2, 0) is 18.4 Å². The molecule has 0 aliphatic carbocycles. The summed E-state index contributed by atoms with van der Waals surface area (Å²) in [7, 11) is 1.32. The first-order valence-corrected chi connectivity index (χ1v) is 31.3. The molecule has 0 rings (SSSR count). The van der Waals surface area contributed by atoms with Gasteiger partial charge in [-0.15, -0.1) is 0 Å². The highest BCUT2D eigenvalue weighted by atomic mass is 31.2. The van der Waals surface area contributed by atoms with E-state index in [-0.39, 0.29) is 19.1 Å². The fourth-order valence-electron chi connectivity index (χ4n) is 9.40. The standard InChI is InChI=1S/C58H119N2O6P/c1-6-8-10-12-14-16-18-20-22-23-24-25-26-27-28-29-30-31-32-33-34-35-36-37-38-40-42-44-46-48-50-52-58(62)59-56(55-66-67(63,64)65-54-53-60(3,4)5)57(61)51-49-47-45-43-41-39-21-19-17-15-13-11-9-7-2/h56-57,61H,6-55H2,1-5H3,(H-,59,62,63,64). The molecule has 0 aromatic heterocycles. The molecule has 0 saturated carbocycles. The van der Waals surface area contributed by atoms with Crippen LogP contribution < -0.4 is 10.2 Å². The fraction of sp³-hybridized carbons (Fsp3) is 0.983. The zero-order chi connectivity index (χ0) is 49.2. The number of aliphatic hydroxyl groups excluding tert-OH is 1. The second-order valence-electron chi connectivity index (χ2n) is 22.1. The van der Waals surface area contributed by atoms with Crippen LogP contribution in [0.4, 0.5) is 0 Å². The number of likely N-dealkylation sites (N-methyl/N-ethyl adjacent to an activating group) is 1.